The van der Waals surface area contributed by atoms with Gasteiger partial charge in [-0.05, 0) is 56.2 Å². The van der Waals surface area contributed by atoms with Crippen molar-refractivity contribution >= 4 is 38.3 Å². The highest BCUT2D eigenvalue weighted by atomic mass is 32.1. The van der Waals surface area contributed by atoms with Gasteiger partial charge in [-0.1, -0.05) is 6.92 Å². The molecule has 2 aliphatic rings. The Morgan fingerprint density at radius 2 is 2.13 bits per heavy atom. The van der Waals surface area contributed by atoms with E-state index in [2.05, 4.69) is 23.5 Å². The Kier molecular flexibility index (Phi) is 5.05. The van der Waals surface area contributed by atoms with Crippen LogP contribution in [0.5, 0.6) is 5.75 Å². The summed E-state index contributed by atoms with van der Waals surface area (Å²) in [4.78, 5) is 28.1. The number of benzene rings is 1. The number of rotatable bonds is 6. The van der Waals surface area contributed by atoms with Gasteiger partial charge >= 0.3 is 0 Å². The third kappa shape index (κ3) is 3.17. The van der Waals surface area contributed by atoms with Crippen molar-refractivity contribution < 1.29 is 9.13 Å². The molecule has 3 heterocycles. The van der Waals surface area contributed by atoms with Gasteiger partial charge in [0.05, 0.1) is 18.0 Å². The van der Waals surface area contributed by atoms with Crippen LogP contribution in [0.2, 0.25) is 0 Å². The molecule has 0 radical (unpaired) electrons. The van der Waals surface area contributed by atoms with Crippen LogP contribution >= 0.6 is 11.5 Å². The summed E-state index contributed by atoms with van der Waals surface area (Å²) in [7, 11) is 1.53. The minimum Gasteiger partial charge on any atom is -0.492 e. The van der Waals surface area contributed by atoms with Crippen LogP contribution in [0, 0.1) is 11.7 Å². The van der Waals surface area contributed by atoms with E-state index in [0.717, 1.165) is 50.4 Å². The van der Waals surface area contributed by atoms with Crippen LogP contribution in [0.4, 0.5) is 10.1 Å². The first-order chi connectivity index (χ1) is 15.0. The average Bonchev–Trinajstić information content (AvgIpc) is 3.33. The van der Waals surface area contributed by atoms with Crippen LogP contribution < -0.4 is 25.9 Å². The molecule has 0 unspecified atom stereocenters. The smallest absolute Gasteiger partial charge is 0.271 e. The molecule has 9 heteroatoms. The van der Waals surface area contributed by atoms with E-state index in [9.17, 15) is 9.59 Å². The molecule has 1 aromatic carbocycles. The van der Waals surface area contributed by atoms with E-state index < -0.39 is 16.8 Å². The predicted octanol–water partition coefficient (Wildman–Crippen LogP) is 3.21. The van der Waals surface area contributed by atoms with Crippen LogP contribution in [0.1, 0.15) is 39.2 Å². The summed E-state index contributed by atoms with van der Waals surface area (Å²) in [6, 6.07) is 1.82. The van der Waals surface area contributed by atoms with Crippen molar-refractivity contribution in [2.24, 2.45) is 5.92 Å². The molecule has 0 amide bonds. The van der Waals surface area contributed by atoms with Crippen molar-refractivity contribution in [1.29, 1.82) is 0 Å². The van der Waals surface area contributed by atoms with Crippen molar-refractivity contribution in [3.8, 4) is 5.75 Å². The fourth-order valence-electron chi connectivity index (χ4n) is 4.97. The first-order valence-electron chi connectivity index (χ1n) is 10.9. The highest BCUT2D eigenvalue weighted by Crippen LogP contribution is 2.46. The topological polar surface area (TPSA) is 79.4 Å². The quantitative estimate of drug-likeness (QED) is 0.608. The van der Waals surface area contributed by atoms with Crippen molar-refractivity contribution in [1.82, 2.24) is 14.3 Å². The summed E-state index contributed by atoms with van der Waals surface area (Å²) >= 11 is 1.16. The second kappa shape index (κ2) is 7.63. The van der Waals surface area contributed by atoms with Crippen LogP contribution in [0.25, 0.3) is 21.1 Å². The maximum absolute atomic E-state index is 15.5. The van der Waals surface area contributed by atoms with Gasteiger partial charge in [-0.25, -0.2) is 4.39 Å². The molecule has 3 aromatic rings. The number of H-pyrrole nitrogens is 1. The number of hydrogen-bond donors (Lipinski definition) is 2. The molecule has 31 heavy (non-hydrogen) atoms. The number of halogens is 1. The summed E-state index contributed by atoms with van der Waals surface area (Å²) in [5.41, 5.74) is 0.160. The Morgan fingerprint density at radius 1 is 1.35 bits per heavy atom. The molecule has 1 aliphatic heterocycles. The second-order valence-electron chi connectivity index (χ2n) is 8.62. The molecule has 7 nitrogen and oxygen atoms in total. The van der Waals surface area contributed by atoms with E-state index in [0.29, 0.717) is 33.7 Å². The largest absolute Gasteiger partial charge is 0.492 e. The normalized spacial score (nSPS) is 20.1. The monoisotopic (exact) mass is 446 g/mol. The van der Waals surface area contributed by atoms with Gasteiger partial charge in [0.1, 0.15) is 15.9 Å². The fourth-order valence-corrected chi connectivity index (χ4v) is 5.89. The van der Waals surface area contributed by atoms with Crippen LogP contribution in [0.15, 0.2) is 15.7 Å². The van der Waals surface area contributed by atoms with E-state index >= 15 is 4.39 Å². The fraction of sp³-hybridized carbons (Fsp3) is 0.545. The van der Waals surface area contributed by atoms with E-state index in [1.54, 1.807) is 0 Å². The Bertz CT molecular complexity index is 1280. The molecule has 1 aliphatic carbocycles. The van der Waals surface area contributed by atoms with E-state index in [1.807, 2.05) is 9.47 Å². The molecular weight excluding hydrogens is 419 g/mol. The van der Waals surface area contributed by atoms with Crippen molar-refractivity contribution in [2.45, 2.75) is 45.2 Å². The Balaban J connectivity index is 1.74. The average molecular weight is 447 g/mol. The molecule has 0 spiro atoms. The van der Waals surface area contributed by atoms with Crippen molar-refractivity contribution in [3.63, 3.8) is 0 Å². The van der Waals surface area contributed by atoms with E-state index in [4.69, 9.17) is 4.74 Å². The zero-order valence-corrected chi connectivity index (χ0v) is 18.8. The summed E-state index contributed by atoms with van der Waals surface area (Å²) in [5.74, 6) is 0.313. The van der Waals surface area contributed by atoms with Gasteiger partial charge in [-0.2, -0.15) is 0 Å². The van der Waals surface area contributed by atoms with Gasteiger partial charge in [0.2, 0.25) is 5.43 Å². The SMILES string of the molecule is CCN[C@@H](C)[C@@H]1CCN(c2c(F)cc3c(=O)c4c(=O)[nH]sc4n(C4CC4)c3c2OC)C1. The van der Waals surface area contributed by atoms with Gasteiger partial charge < -0.3 is 19.5 Å². The van der Waals surface area contributed by atoms with Gasteiger partial charge in [0.15, 0.2) is 11.6 Å². The second-order valence-corrected chi connectivity index (χ2v) is 9.42. The third-order valence-corrected chi connectivity index (χ3v) is 7.57. The lowest BCUT2D eigenvalue weighted by molar-refractivity contribution is 0.406. The molecule has 2 fully saturated rings. The molecular formula is C22H27FN4O3S. The molecule has 0 bridgehead atoms. The first-order valence-corrected chi connectivity index (χ1v) is 11.7. The zero-order valence-electron chi connectivity index (χ0n) is 18.0. The number of pyridine rings is 1. The third-order valence-electron chi connectivity index (χ3n) is 6.69. The number of aromatic amines is 1. The number of ether oxygens (including phenoxy) is 1. The number of aromatic nitrogens is 2. The number of nitrogens with zero attached hydrogens (tertiary/aromatic N) is 2. The summed E-state index contributed by atoms with van der Waals surface area (Å²) in [6.07, 6.45) is 2.88. The molecule has 2 aromatic heterocycles. The minimum absolute atomic E-state index is 0.110. The Labute approximate surface area is 183 Å². The maximum atomic E-state index is 15.5. The summed E-state index contributed by atoms with van der Waals surface area (Å²) in [5, 5.41) is 3.78. The first kappa shape index (κ1) is 20.5. The zero-order chi connectivity index (χ0) is 21.9. The summed E-state index contributed by atoms with van der Waals surface area (Å²) < 4.78 is 26.0. The van der Waals surface area contributed by atoms with Crippen LogP contribution in [-0.4, -0.2) is 41.7 Å². The van der Waals surface area contributed by atoms with Gasteiger partial charge in [-0.3, -0.25) is 14.0 Å². The number of fused-ring (bicyclic) bond motifs is 2. The van der Waals surface area contributed by atoms with Gasteiger partial charge in [-0.15, -0.1) is 0 Å². The van der Waals surface area contributed by atoms with Crippen molar-refractivity contribution in [3.05, 3.63) is 32.5 Å². The molecule has 5 rings (SSSR count). The highest BCUT2D eigenvalue weighted by Gasteiger charge is 2.35. The highest BCUT2D eigenvalue weighted by molar-refractivity contribution is 7.12. The van der Waals surface area contributed by atoms with E-state index in [1.165, 1.54) is 13.2 Å². The Morgan fingerprint density at radius 3 is 2.81 bits per heavy atom. The Hall–Kier alpha value is -2.39. The number of nitrogens with one attached hydrogen (secondary N) is 2. The van der Waals surface area contributed by atoms with Gasteiger partial charge in [0.25, 0.3) is 5.56 Å². The van der Waals surface area contributed by atoms with Crippen LogP contribution in [-0.2, 0) is 0 Å². The molecule has 1 saturated carbocycles. The molecule has 2 atom stereocenters. The lowest BCUT2D eigenvalue weighted by atomic mass is 10.0. The number of anilines is 1. The molecule has 1 saturated heterocycles. The maximum Gasteiger partial charge on any atom is 0.271 e. The predicted molar refractivity (Wildman–Crippen MR) is 122 cm³/mol. The molecule has 2 N–H and O–H groups in total. The van der Waals surface area contributed by atoms with E-state index in [-0.39, 0.29) is 16.8 Å². The number of methoxy groups -OCH3 is 1. The standard InChI is InChI=1S/C22H27FN4O3S/c1-4-24-11(2)12-7-8-26(10-12)18-15(23)9-14-17(20(18)30-3)27(13-5-6-13)22-16(19(14)28)21(29)25-31-22/h9,11-13,24H,4-8,10H2,1-3H3,(H,25,29)/t11-,12+/m0/s1. The molecule has 166 valence electrons. The minimum atomic E-state index is -0.480. The lowest BCUT2D eigenvalue weighted by Gasteiger charge is -2.26. The summed E-state index contributed by atoms with van der Waals surface area (Å²) in [6.45, 7) is 6.60. The van der Waals surface area contributed by atoms with Gasteiger partial charge in [0, 0.05) is 25.2 Å². The number of hydrogen-bond acceptors (Lipinski definition) is 6. The van der Waals surface area contributed by atoms with Crippen LogP contribution in [0.3, 0.4) is 0 Å². The lowest BCUT2D eigenvalue weighted by Crippen LogP contribution is -2.35. The van der Waals surface area contributed by atoms with Crippen molar-refractivity contribution in [2.75, 3.05) is 31.6 Å².